The van der Waals surface area contributed by atoms with Crippen molar-refractivity contribution in [2.75, 3.05) is 5.32 Å². The summed E-state index contributed by atoms with van der Waals surface area (Å²) in [6.45, 7) is 6.02. The van der Waals surface area contributed by atoms with Crippen molar-refractivity contribution in [2.45, 2.75) is 27.2 Å². The van der Waals surface area contributed by atoms with E-state index in [1.54, 1.807) is 0 Å². The summed E-state index contributed by atoms with van der Waals surface area (Å²) in [6, 6.07) is 9.73. The SMILES string of the molecule is Cc1cc2onc(CC(=O)Nc3ccc(Br)cc3C)c2cc1C. The molecule has 0 saturated carbocycles. The highest BCUT2D eigenvalue weighted by Gasteiger charge is 2.14. The number of nitrogens with one attached hydrogen (secondary N) is 1. The molecule has 2 aromatic carbocycles. The average molecular weight is 373 g/mol. The van der Waals surface area contributed by atoms with Crippen molar-refractivity contribution in [2.24, 2.45) is 0 Å². The van der Waals surface area contributed by atoms with E-state index in [0.29, 0.717) is 5.69 Å². The number of carbonyl (C=O) groups excluding carboxylic acids is 1. The van der Waals surface area contributed by atoms with Crippen molar-refractivity contribution in [3.8, 4) is 0 Å². The number of carbonyl (C=O) groups is 1. The van der Waals surface area contributed by atoms with Crippen LogP contribution < -0.4 is 5.32 Å². The number of aryl methyl sites for hydroxylation is 3. The quantitative estimate of drug-likeness (QED) is 0.724. The van der Waals surface area contributed by atoms with E-state index in [1.807, 2.05) is 51.1 Å². The summed E-state index contributed by atoms with van der Waals surface area (Å²) in [7, 11) is 0. The van der Waals surface area contributed by atoms with Gasteiger partial charge < -0.3 is 9.84 Å². The Morgan fingerprint density at radius 2 is 1.87 bits per heavy atom. The molecule has 1 amide bonds. The predicted molar refractivity (Wildman–Crippen MR) is 94.7 cm³/mol. The van der Waals surface area contributed by atoms with Gasteiger partial charge in [-0.25, -0.2) is 0 Å². The lowest BCUT2D eigenvalue weighted by atomic mass is 10.1. The number of hydrogen-bond acceptors (Lipinski definition) is 3. The first-order chi connectivity index (χ1) is 10.9. The largest absolute Gasteiger partial charge is 0.356 e. The van der Waals surface area contributed by atoms with Crippen LogP contribution in [0.4, 0.5) is 5.69 Å². The zero-order valence-corrected chi connectivity index (χ0v) is 14.8. The van der Waals surface area contributed by atoms with Gasteiger partial charge in [0.1, 0.15) is 5.69 Å². The van der Waals surface area contributed by atoms with Crippen LogP contribution in [-0.4, -0.2) is 11.1 Å². The van der Waals surface area contributed by atoms with E-state index in [1.165, 1.54) is 0 Å². The fourth-order valence-electron chi connectivity index (χ4n) is 2.49. The highest BCUT2D eigenvalue weighted by Crippen LogP contribution is 2.24. The third-order valence-electron chi connectivity index (χ3n) is 3.95. The lowest BCUT2D eigenvalue weighted by molar-refractivity contribution is -0.115. The van der Waals surface area contributed by atoms with E-state index >= 15 is 0 Å². The van der Waals surface area contributed by atoms with E-state index in [-0.39, 0.29) is 12.3 Å². The number of amides is 1. The number of hydrogen-bond donors (Lipinski definition) is 1. The minimum absolute atomic E-state index is 0.108. The predicted octanol–water partition coefficient (Wildman–Crippen LogP) is 4.70. The summed E-state index contributed by atoms with van der Waals surface area (Å²) in [5, 5.41) is 7.88. The molecule has 0 aliphatic heterocycles. The molecule has 0 aliphatic rings. The van der Waals surface area contributed by atoms with Gasteiger partial charge in [0.15, 0.2) is 5.58 Å². The maximum atomic E-state index is 12.3. The maximum absolute atomic E-state index is 12.3. The van der Waals surface area contributed by atoms with Crippen LogP contribution in [0.25, 0.3) is 11.0 Å². The minimum Gasteiger partial charge on any atom is -0.356 e. The van der Waals surface area contributed by atoms with Crippen LogP contribution in [0.1, 0.15) is 22.4 Å². The topological polar surface area (TPSA) is 55.1 Å². The summed E-state index contributed by atoms with van der Waals surface area (Å²) in [6.07, 6.45) is 0.186. The van der Waals surface area contributed by atoms with Crippen LogP contribution in [0.2, 0.25) is 0 Å². The Morgan fingerprint density at radius 1 is 1.13 bits per heavy atom. The molecule has 5 heteroatoms. The minimum atomic E-state index is -0.108. The first-order valence-corrected chi connectivity index (χ1v) is 8.15. The second-order valence-corrected chi connectivity index (χ2v) is 6.66. The number of fused-ring (bicyclic) bond motifs is 1. The van der Waals surface area contributed by atoms with Gasteiger partial charge in [-0.1, -0.05) is 21.1 Å². The number of aromatic nitrogens is 1. The van der Waals surface area contributed by atoms with Gasteiger partial charge in [0.05, 0.1) is 6.42 Å². The molecular weight excluding hydrogens is 356 g/mol. The van der Waals surface area contributed by atoms with Crippen LogP contribution >= 0.6 is 15.9 Å². The van der Waals surface area contributed by atoms with Crippen LogP contribution in [-0.2, 0) is 11.2 Å². The van der Waals surface area contributed by atoms with Crippen LogP contribution in [0.15, 0.2) is 39.3 Å². The lowest BCUT2D eigenvalue weighted by Crippen LogP contribution is -2.15. The molecule has 1 aromatic heterocycles. The van der Waals surface area contributed by atoms with Crippen molar-refractivity contribution in [3.63, 3.8) is 0 Å². The Hall–Kier alpha value is -2.14. The second-order valence-electron chi connectivity index (χ2n) is 5.75. The summed E-state index contributed by atoms with van der Waals surface area (Å²) >= 11 is 3.42. The molecule has 3 rings (SSSR count). The van der Waals surface area contributed by atoms with Gasteiger partial charge in [0.2, 0.25) is 5.91 Å². The van der Waals surface area contributed by atoms with Crippen molar-refractivity contribution in [1.29, 1.82) is 0 Å². The zero-order chi connectivity index (χ0) is 16.6. The summed E-state index contributed by atoms with van der Waals surface area (Å²) < 4.78 is 6.33. The van der Waals surface area contributed by atoms with Gasteiger partial charge in [0.25, 0.3) is 0 Å². The number of nitrogens with zero attached hydrogens (tertiary/aromatic N) is 1. The second kappa shape index (κ2) is 6.16. The van der Waals surface area contributed by atoms with Gasteiger partial charge in [-0.15, -0.1) is 0 Å². The third-order valence-corrected chi connectivity index (χ3v) is 4.44. The van der Waals surface area contributed by atoms with Crippen LogP contribution in [0.3, 0.4) is 0 Å². The normalized spacial score (nSPS) is 11.0. The summed E-state index contributed by atoms with van der Waals surface area (Å²) in [5.74, 6) is -0.108. The van der Waals surface area contributed by atoms with E-state index < -0.39 is 0 Å². The summed E-state index contributed by atoms with van der Waals surface area (Å²) in [5.41, 5.74) is 5.49. The molecule has 118 valence electrons. The standard InChI is InChI=1S/C18H17BrN2O2/c1-10-7-14-16(21-23-17(14)8-11(10)2)9-18(22)20-15-5-4-13(19)6-12(15)3/h4-8H,9H2,1-3H3,(H,20,22). The Balaban J connectivity index is 1.81. The molecule has 0 radical (unpaired) electrons. The third kappa shape index (κ3) is 3.29. The molecule has 0 aliphatic carbocycles. The van der Waals surface area contributed by atoms with E-state index in [4.69, 9.17) is 4.52 Å². The van der Waals surface area contributed by atoms with Crippen molar-refractivity contribution in [3.05, 3.63) is 57.2 Å². The first-order valence-electron chi connectivity index (χ1n) is 7.35. The Labute approximate surface area is 143 Å². The maximum Gasteiger partial charge on any atom is 0.230 e. The van der Waals surface area contributed by atoms with Crippen LogP contribution in [0, 0.1) is 20.8 Å². The van der Waals surface area contributed by atoms with Crippen molar-refractivity contribution in [1.82, 2.24) is 5.16 Å². The van der Waals surface area contributed by atoms with Gasteiger partial charge in [-0.3, -0.25) is 4.79 Å². The highest BCUT2D eigenvalue weighted by molar-refractivity contribution is 9.10. The Kier molecular flexibility index (Phi) is 4.22. The van der Waals surface area contributed by atoms with Gasteiger partial charge in [-0.05, 0) is 67.8 Å². The number of benzene rings is 2. The van der Waals surface area contributed by atoms with E-state index in [9.17, 15) is 4.79 Å². The zero-order valence-electron chi connectivity index (χ0n) is 13.2. The fourth-order valence-corrected chi connectivity index (χ4v) is 2.96. The lowest BCUT2D eigenvalue weighted by Gasteiger charge is -2.08. The molecular formula is C18H17BrN2O2. The molecule has 0 atom stereocenters. The van der Waals surface area contributed by atoms with Crippen molar-refractivity contribution >= 4 is 38.5 Å². The molecule has 0 spiro atoms. The number of halogens is 1. The molecule has 3 aromatic rings. The number of anilines is 1. The van der Waals surface area contributed by atoms with Gasteiger partial charge in [0, 0.05) is 15.5 Å². The molecule has 23 heavy (non-hydrogen) atoms. The molecule has 0 saturated heterocycles. The summed E-state index contributed by atoms with van der Waals surface area (Å²) in [4.78, 5) is 12.3. The smallest absolute Gasteiger partial charge is 0.230 e. The number of rotatable bonds is 3. The first kappa shape index (κ1) is 15.7. The Morgan fingerprint density at radius 3 is 2.61 bits per heavy atom. The van der Waals surface area contributed by atoms with Crippen molar-refractivity contribution < 1.29 is 9.32 Å². The molecule has 0 unspecified atom stereocenters. The van der Waals surface area contributed by atoms with E-state index in [0.717, 1.165) is 37.8 Å². The van der Waals surface area contributed by atoms with E-state index in [2.05, 4.69) is 26.4 Å². The highest BCUT2D eigenvalue weighted by atomic mass is 79.9. The molecule has 0 bridgehead atoms. The monoisotopic (exact) mass is 372 g/mol. The van der Waals surface area contributed by atoms with Gasteiger partial charge >= 0.3 is 0 Å². The molecule has 1 heterocycles. The average Bonchev–Trinajstić information content (AvgIpc) is 2.85. The van der Waals surface area contributed by atoms with Gasteiger partial charge in [-0.2, -0.15) is 0 Å². The fraction of sp³-hybridized carbons (Fsp3) is 0.222. The Bertz CT molecular complexity index is 899. The molecule has 4 nitrogen and oxygen atoms in total. The van der Waals surface area contributed by atoms with Crippen LogP contribution in [0.5, 0.6) is 0 Å². The molecule has 1 N–H and O–H groups in total. The molecule has 0 fully saturated rings.